The predicted molar refractivity (Wildman–Crippen MR) is 125 cm³/mol. The van der Waals surface area contributed by atoms with Gasteiger partial charge in [-0.3, -0.25) is 9.59 Å². The van der Waals surface area contributed by atoms with Gasteiger partial charge in [0.15, 0.2) is 0 Å². The van der Waals surface area contributed by atoms with Gasteiger partial charge in [0, 0.05) is 24.2 Å². The summed E-state index contributed by atoms with van der Waals surface area (Å²) in [6, 6.07) is 12.0. The van der Waals surface area contributed by atoms with Crippen LogP contribution in [0.4, 0.5) is 5.69 Å². The number of fused-ring (bicyclic) bond motifs is 1. The van der Waals surface area contributed by atoms with Crippen molar-refractivity contribution in [2.45, 2.75) is 37.8 Å². The minimum absolute atomic E-state index is 0.0373. The number of nitrogens with zero attached hydrogens (tertiary/aromatic N) is 2. The Bertz CT molecular complexity index is 1140. The molecule has 2 aromatic carbocycles. The van der Waals surface area contributed by atoms with E-state index in [9.17, 15) is 14.7 Å². The van der Waals surface area contributed by atoms with Crippen LogP contribution in [-0.2, 0) is 9.59 Å². The monoisotopic (exact) mass is 448 g/mol. The molecule has 3 aliphatic rings. The number of para-hydroxylation sites is 1. The first-order valence-corrected chi connectivity index (χ1v) is 11.4. The topological polar surface area (TPSA) is 79.3 Å². The highest BCUT2D eigenvalue weighted by atomic mass is 16.5. The number of benzene rings is 2. The van der Waals surface area contributed by atoms with Crippen LogP contribution in [0, 0.1) is 0 Å². The quantitative estimate of drug-likeness (QED) is 0.434. The summed E-state index contributed by atoms with van der Waals surface area (Å²) in [7, 11) is 3.53. The van der Waals surface area contributed by atoms with E-state index in [2.05, 4.69) is 0 Å². The van der Waals surface area contributed by atoms with E-state index in [1.807, 2.05) is 42.3 Å². The number of aliphatic hydroxyl groups excluding tert-OH is 1. The number of Topliss-reactive ketones (excluding diaryl/α,β-unsaturated/α-hetero) is 1. The van der Waals surface area contributed by atoms with Gasteiger partial charge in [0.25, 0.3) is 11.7 Å². The first kappa shape index (κ1) is 21.4. The van der Waals surface area contributed by atoms with Crippen molar-refractivity contribution in [1.82, 2.24) is 4.90 Å². The van der Waals surface area contributed by atoms with Crippen LogP contribution in [-0.4, -0.2) is 55.0 Å². The van der Waals surface area contributed by atoms with Gasteiger partial charge in [-0.15, -0.1) is 0 Å². The fraction of sp³-hybridized carbons (Fsp3) is 0.385. The van der Waals surface area contributed by atoms with Crippen LogP contribution >= 0.6 is 0 Å². The largest absolute Gasteiger partial charge is 0.507 e. The Morgan fingerprint density at radius 2 is 1.88 bits per heavy atom. The lowest BCUT2D eigenvalue weighted by molar-refractivity contribution is -0.141. The number of hydrogen-bond donors (Lipinski definition) is 1. The average molecular weight is 449 g/mol. The van der Waals surface area contributed by atoms with E-state index < -0.39 is 17.7 Å². The van der Waals surface area contributed by atoms with Gasteiger partial charge in [0.1, 0.15) is 23.9 Å². The third kappa shape index (κ3) is 3.52. The van der Waals surface area contributed by atoms with Gasteiger partial charge in [-0.1, -0.05) is 31.0 Å². The number of ether oxygens (including phenoxy) is 2. The van der Waals surface area contributed by atoms with Gasteiger partial charge in [-0.05, 0) is 37.1 Å². The van der Waals surface area contributed by atoms with Crippen molar-refractivity contribution in [2.24, 2.45) is 0 Å². The van der Waals surface area contributed by atoms with Crippen molar-refractivity contribution in [3.63, 3.8) is 0 Å². The molecule has 2 heterocycles. The number of methoxy groups -OCH3 is 1. The van der Waals surface area contributed by atoms with Crippen LogP contribution in [0.1, 0.15) is 42.9 Å². The zero-order valence-corrected chi connectivity index (χ0v) is 18.9. The van der Waals surface area contributed by atoms with Gasteiger partial charge in [-0.2, -0.15) is 0 Å². The Morgan fingerprint density at radius 1 is 1.12 bits per heavy atom. The third-order valence-electron chi connectivity index (χ3n) is 6.96. The molecule has 1 amide bonds. The smallest absolute Gasteiger partial charge is 0.295 e. The molecule has 1 atom stereocenters. The highest BCUT2D eigenvalue weighted by Crippen LogP contribution is 2.46. The summed E-state index contributed by atoms with van der Waals surface area (Å²) < 4.78 is 11.3. The molecule has 1 N–H and O–H groups in total. The van der Waals surface area contributed by atoms with Crippen LogP contribution in [0.5, 0.6) is 11.5 Å². The van der Waals surface area contributed by atoms with Crippen LogP contribution in [0.15, 0.2) is 48.0 Å². The molecule has 1 saturated heterocycles. The van der Waals surface area contributed by atoms with Crippen molar-refractivity contribution >= 4 is 23.1 Å². The molecule has 7 heteroatoms. The van der Waals surface area contributed by atoms with Crippen molar-refractivity contribution < 1.29 is 24.2 Å². The Labute approximate surface area is 193 Å². The first-order chi connectivity index (χ1) is 16.0. The highest BCUT2D eigenvalue weighted by molar-refractivity contribution is 6.46. The molecule has 0 aromatic heterocycles. The maximum Gasteiger partial charge on any atom is 0.295 e. The van der Waals surface area contributed by atoms with Gasteiger partial charge in [-0.25, -0.2) is 0 Å². The number of anilines is 1. The van der Waals surface area contributed by atoms with Crippen molar-refractivity contribution in [3.8, 4) is 11.5 Å². The number of rotatable bonds is 4. The molecule has 2 fully saturated rings. The third-order valence-corrected chi connectivity index (χ3v) is 6.96. The van der Waals surface area contributed by atoms with Gasteiger partial charge < -0.3 is 24.4 Å². The molecule has 7 nitrogen and oxygen atoms in total. The lowest BCUT2D eigenvalue weighted by Gasteiger charge is -2.31. The van der Waals surface area contributed by atoms with E-state index in [4.69, 9.17) is 9.47 Å². The van der Waals surface area contributed by atoms with Gasteiger partial charge in [0.05, 0.1) is 31.0 Å². The Kier molecular flexibility index (Phi) is 5.48. The second kappa shape index (κ2) is 8.46. The van der Waals surface area contributed by atoms with Crippen LogP contribution < -0.4 is 14.4 Å². The molecule has 2 aromatic rings. The highest BCUT2D eigenvalue weighted by Gasteiger charge is 2.50. The normalized spacial score (nSPS) is 22.4. The van der Waals surface area contributed by atoms with E-state index in [1.165, 1.54) is 0 Å². The molecule has 5 rings (SSSR count). The van der Waals surface area contributed by atoms with Crippen LogP contribution in [0.3, 0.4) is 0 Å². The van der Waals surface area contributed by atoms with Crippen molar-refractivity contribution in [1.29, 1.82) is 0 Å². The Balaban J connectivity index is 1.68. The fourth-order valence-electron chi connectivity index (χ4n) is 5.26. The number of carbonyl (C=O) groups excluding carboxylic acids is 2. The molecule has 0 bridgehead atoms. The zero-order chi connectivity index (χ0) is 23.1. The average Bonchev–Trinajstić information content (AvgIpc) is 3.45. The van der Waals surface area contributed by atoms with E-state index >= 15 is 0 Å². The molecule has 2 aliphatic heterocycles. The second-order valence-electron chi connectivity index (χ2n) is 8.84. The number of carbonyl (C=O) groups is 2. The van der Waals surface area contributed by atoms with E-state index in [1.54, 1.807) is 24.1 Å². The standard InChI is InChI=1S/C26H28N2O5/c1-27-13-14-33-21-12-11-16(15-19(21)27)24(29)22-23(18-9-5-6-10-20(18)32-2)28(26(31)25(22)30)17-7-3-4-8-17/h5-6,9-12,15,17,23,29H,3-4,7-8,13-14H2,1-2H3/b24-22+. The van der Waals surface area contributed by atoms with Crippen molar-refractivity contribution in [2.75, 3.05) is 32.2 Å². The number of likely N-dealkylation sites (tertiary alicyclic amines) is 1. The maximum absolute atomic E-state index is 13.3. The fourth-order valence-corrected chi connectivity index (χ4v) is 5.26. The molecule has 1 unspecified atom stereocenters. The van der Waals surface area contributed by atoms with E-state index in [-0.39, 0.29) is 17.4 Å². The summed E-state index contributed by atoms with van der Waals surface area (Å²) >= 11 is 0. The number of aliphatic hydroxyl groups is 1. The number of ketones is 1. The Morgan fingerprint density at radius 3 is 2.64 bits per heavy atom. The van der Waals surface area contributed by atoms with E-state index in [0.717, 1.165) is 43.7 Å². The zero-order valence-electron chi connectivity index (χ0n) is 18.9. The molecule has 172 valence electrons. The predicted octanol–water partition coefficient (Wildman–Crippen LogP) is 3.89. The minimum atomic E-state index is -0.700. The second-order valence-corrected chi connectivity index (χ2v) is 8.84. The molecular weight excluding hydrogens is 420 g/mol. The molecule has 0 spiro atoms. The summed E-state index contributed by atoms with van der Waals surface area (Å²) in [4.78, 5) is 30.3. The lowest BCUT2D eigenvalue weighted by atomic mass is 9.93. The maximum atomic E-state index is 13.3. The summed E-state index contributed by atoms with van der Waals surface area (Å²) in [5.74, 6) is -0.0771. The summed E-state index contributed by atoms with van der Waals surface area (Å²) in [5, 5.41) is 11.4. The van der Waals surface area contributed by atoms with E-state index in [0.29, 0.717) is 23.5 Å². The molecule has 0 radical (unpaired) electrons. The lowest BCUT2D eigenvalue weighted by Crippen LogP contribution is -2.37. The summed E-state index contributed by atoms with van der Waals surface area (Å²) in [6.07, 6.45) is 3.73. The summed E-state index contributed by atoms with van der Waals surface area (Å²) in [6.45, 7) is 1.32. The first-order valence-electron chi connectivity index (χ1n) is 11.4. The van der Waals surface area contributed by atoms with Crippen molar-refractivity contribution in [3.05, 3.63) is 59.2 Å². The molecule has 1 aliphatic carbocycles. The minimum Gasteiger partial charge on any atom is -0.507 e. The van der Waals surface area contributed by atoms with Gasteiger partial charge in [0.2, 0.25) is 0 Å². The molecule has 33 heavy (non-hydrogen) atoms. The van der Waals surface area contributed by atoms with Crippen LogP contribution in [0.2, 0.25) is 0 Å². The molecule has 1 saturated carbocycles. The number of hydrogen-bond acceptors (Lipinski definition) is 6. The van der Waals surface area contributed by atoms with Gasteiger partial charge >= 0.3 is 0 Å². The SMILES string of the molecule is COc1ccccc1C1/C(=C(\O)c2ccc3c(c2)N(C)CCO3)C(=O)C(=O)N1C1CCCC1. The summed E-state index contributed by atoms with van der Waals surface area (Å²) in [5.41, 5.74) is 2.13. The van der Waals surface area contributed by atoms with Crippen LogP contribution in [0.25, 0.3) is 5.76 Å². The number of likely N-dealkylation sites (N-methyl/N-ethyl adjacent to an activating group) is 1. The molecular formula is C26H28N2O5. The Hall–Kier alpha value is -3.48. The number of amides is 1.